The monoisotopic (exact) mass is 211 g/mol. The molecule has 0 spiro atoms. The average Bonchev–Trinajstić information content (AvgIpc) is 2.88. The second-order valence-corrected chi connectivity index (χ2v) is 3.99. The maximum absolute atomic E-state index is 9.00. The maximum atomic E-state index is 9.00. The number of nitrogens with zero attached hydrogens (tertiary/aromatic N) is 2. The Hall–Kier alpha value is -0.910. The first-order chi connectivity index (χ1) is 7.31. The molecule has 1 aromatic rings. The molecular weight excluding hydrogens is 194 g/mol. The van der Waals surface area contributed by atoms with Crippen LogP contribution in [0.5, 0.6) is 0 Å². The minimum atomic E-state index is -0.338. The third-order valence-electron chi connectivity index (χ3n) is 2.80. The fourth-order valence-electron chi connectivity index (χ4n) is 1.89. The third kappa shape index (κ3) is 2.37. The van der Waals surface area contributed by atoms with Gasteiger partial charge in [-0.2, -0.15) is 0 Å². The van der Waals surface area contributed by atoms with Crippen LogP contribution in [0.15, 0.2) is 12.5 Å². The highest BCUT2D eigenvalue weighted by atomic mass is 16.5. The van der Waals surface area contributed by atoms with Crippen LogP contribution in [-0.2, 0) is 11.3 Å². The van der Waals surface area contributed by atoms with Gasteiger partial charge in [0.1, 0.15) is 0 Å². The molecule has 2 atom stereocenters. The molecule has 2 unspecified atom stereocenters. The van der Waals surface area contributed by atoms with Crippen molar-refractivity contribution in [2.45, 2.75) is 19.0 Å². The molecule has 15 heavy (non-hydrogen) atoms. The van der Waals surface area contributed by atoms with Crippen LogP contribution in [0.4, 0.5) is 0 Å². The van der Waals surface area contributed by atoms with Gasteiger partial charge in [-0.05, 0) is 6.42 Å². The summed E-state index contributed by atoms with van der Waals surface area (Å²) in [6, 6.07) is -0.338. The van der Waals surface area contributed by atoms with E-state index in [1.54, 1.807) is 12.5 Å². The van der Waals surface area contributed by atoms with Gasteiger partial charge in [-0.15, -0.1) is 0 Å². The summed E-state index contributed by atoms with van der Waals surface area (Å²) in [6.45, 7) is 2.49. The van der Waals surface area contributed by atoms with Crippen LogP contribution in [0.3, 0.4) is 0 Å². The number of aromatic nitrogens is 2. The van der Waals surface area contributed by atoms with Crippen molar-refractivity contribution in [1.29, 1.82) is 0 Å². The van der Waals surface area contributed by atoms with Crippen molar-refractivity contribution in [3.63, 3.8) is 0 Å². The minimum Gasteiger partial charge on any atom is -0.394 e. The van der Waals surface area contributed by atoms with E-state index < -0.39 is 0 Å². The molecule has 84 valence electrons. The lowest BCUT2D eigenvalue weighted by atomic mass is 10.1. The Labute approximate surface area is 88.9 Å². The molecule has 0 radical (unpaired) electrons. The molecule has 3 N–H and O–H groups in total. The zero-order valence-corrected chi connectivity index (χ0v) is 8.67. The Morgan fingerprint density at radius 3 is 3.27 bits per heavy atom. The summed E-state index contributed by atoms with van der Waals surface area (Å²) in [5.41, 5.74) is 6.66. The van der Waals surface area contributed by atoms with Gasteiger partial charge in [-0.1, -0.05) is 0 Å². The van der Waals surface area contributed by atoms with Crippen LogP contribution in [0.2, 0.25) is 0 Å². The number of ether oxygens (including phenoxy) is 1. The lowest BCUT2D eigenvalue weighted by molar-refractivity contribution is 0.182. The van der Waals surface area contributed by atoms with Crippen LogP contribution in [0, 0.1) is 5.92 Å². The van der Waals surface area contributed by atoms with Crippen LogP contribution in [0.25, 0.3) is 0 Å². The molecular formula is C10H17N3O2. The average molecular weight is 211 g/mol. The molecule has 0 aliphatic carbocycles. The Bertz CT molecular complexity index is 307. The van der Waals surface area contributed by atoms with Gasteiger partial charge in [-0.25, -0.2) is 4.98 Å². The normalized spacial score (nSPS) is 23.2. The number of hydrogen-bond acceptors (Lipinski definition) is 4. The van der Waals surface area contributed by atoms with Crippen molar-refractivity contribution in [1.82, 2.24) is 9.55 Å². The van der Waals surface area contributed by atoms with Crippen LogP contribution < -0.4 is 5.73 Å². The van der Waals surface area contributed by atoms with E-state index in [1.807, 2.05) is 4.57 Å². The van der Waals surface area contributed by atoms with Gasteiger partial charge in [0.25, 0.3) is 0 Å². The van der Waals surface area contributed by atoms with Crippen molar-refractivity contribution in [2.24, 2.45) is 11.7 Å². The molecule has 0 saturated carbocycles. The standard InChI is InChI=1S/C10H17N3O2/c11-9(5-14)10-3-12-7-13(10)4-8-1-2-15-6-8/h3,7-9,14H,1-2,4-6,11H2. The molecule has 5 nitrogen and oxygen atoms in total. The number of nitrogens with two attached hydrogens (primary N) is 1. The first-order valence-corrected chi connectivity index (χ1v) is 5.25. The molecule has 0 aromatic carbocycles. The number of rotatable bonds is 4. The van der Waals surface area contributed by atoms with Crippen molar-refractivity contribution in [2.75, 3.05) is 19.8 Å². The van der Waals surface area contributed by atoms with Gasteiger partial charge < -0.3 is 20.1 Å². The summed E-state index contributed by atoms with van der Waals surface area (Å²) in [6.07, 6.45) is 4.58. The molecule has 0 bridgehead atoms. The minimum absolute atomic E-state index is 0.0488. The summed E-state index contributed by atoms with van der Waals surface area (Å²) in [5, 5.41) is 9.00. The van der Waals surface area contributed by atoms with Gasteiger partial charge in [-0.3, -0.25) is 0 Å². The Kier molecular flexibility index (Phi) is 3.35. The topological polar surface area (TPSA) is 73.3 Å². The van der Waals surface area contributed by atoms with Crippen molar-refractivity contribution in [3.05, 3.63) is 18.2 Å². The Morgan fingerprint density at radius 2 is 2.60 bits per heavy atom. The Balaban J connectivity index is 2.03. The molecule has 1 aliphatic heterocycles. The van der Waals surface area contributed by atoms with E-state index >= 15 is 0 Å². The molecule has 2 rings (SSSR count). The Morgan fingerprint density at radius 1 is 1.73 bits per heavy atom. The van der Waals surface area contributed by atoms with Crippen LogP contribution >= 0.6 is 0 Å². The number of aliphatic hydroxyl groups is 1. The second-order valence-electron chi connectivity index (χ2n) is 3.99. The second kappa shape index (κ2) is 4.74. The fourth-order valence-corrected chi connectivity index (χ4v) is 1.89. The van der Waals surface area contributed by atoms with E-state index in [-0.39, 0.29) is 12.6 Å². The largest absolute Gasteiger partial charge is 0.394 e. The summed E-state index contributed by atoms with van der Waals surface area (Å²) in [5.74, 6) is 0.545. The lowest BCUT2D eigenvalue weighted by Crippen LogP contribution is -2.21. The lowest BCUT2D eigenvalue weighted by Gasteiger charge is -2.15. The number of imidazole rings is 1. The van der Waals surface area contributed by atoms with Gasteiger partial charge in [0, 0.05) is 25.3 Å². The predicted octanol–water partition coefficient (Wildman–Crippen LogP) is -0.0883. The highest BCUT2D eigenvalue weighted by molar-refractivity contribution is 5.04. The molecule has 1 aromatic heterocycles. The molecule has 1 saturated heterocycles. The van der Waals surface area contributed by atoms with E-state index in [0.717, 1.165) is 31.9 Å². The first-order valence-electron chi connectivity index (χ1n) is 5.25. The van der Waals surface area contributed by atoms with E-state index in [4.69, 9.17) is 15.6 Å². The highest BCUT2D eigenvalue weighted by Crippen LogP contribution is 2.17. The summed E-state index contributed by atoms with van der Waals surface area (Å²) < 4.78 is 7.33. The zero-order valence-electron chi connectivity index (χ0n) is 8.67. The van der Waals surface area contributed by atoms with E-state index in [9.17, 15) is 0 Å². The fraction of sp³-hybridized carbons (Fsp3) is 0.700. The molecule has 0 amide bonds. The van der Waals surface area contributed by atoms with E-state index in [1.165, 1.54) is 0 Å². The van der Waals surface area contributed by atoms with Gasteiger partial charge in [0.15, 0.2) is 0 Å². The first kappa shape index (κ1) is 10.6. The van der Waals surface area contributed by atoms with Crippen molar-refractivity contribution >= 4 is 0 Å². The SMILES string of the molecule is NC(CO)c1cncn1CC1CCOC1. The summed E-state index contributed by atoms with van der Waals surface area (Å²) >= 11 is 0. The summed E-state index contributed by atoms with van der Waals surface area (Å²) in [4.78, 5) is 4.06. The highest BCUT2D eigenvalue weighted by Gasteiger charge is 2.18. The maximum Gasteiger partial charge on any atom is 0.0948 e. The van der Waals surface area contributed by atoms with Gasteiger partial charge in [0.2, 0.25) is 0 Å². The van der Waals surface area contributed by atoms with E-state index in [2.05, 4.69) is 4.98 Å². The van der Waals surface area contributed by atoms with Gasteiger partial charge in [0.05, 0.1) is 31.3 Å². The van der Waals surface area contributed by atoms with Crippen molar-refractivity contribution < 1.29 is 9.84 Å². The molecule has 2 heterocycles. The summed E-state index contributed by atoms with van der Waals surface area (Å²) in [7, 11) is 0. The molecule has 1 aliphatic rings. The van der Waals surface area contributed by atoms with Crippen molar-refractivity contribution in [3.8, 4) is 0 Å². The quantitative estimate of drug-likeness (QED) is 0.730. The number of hydrogen-bond donors (Lipinski definition) is 2. The van der Waals surface area contributed by atoms with Crippen LogP contribution in [-0.4, -0.2) is 34.5 Å². The molecule has 5 heteroatoms. The third-order valence-corrected chi connectivity index (χ3v) is 2.80. The predicted molar refractivity (Wildman–Crippen MR) is 55.2 cm³/mol. The molecule has 1 fully saturated rings. The zero-order chi connectivity index (χ0) is 10.7. The number of aliphatic hydroxyl groups excluding tert-OH is 1. The van der Waals surface area contributed by atoms with E-state index in [0.29, 0.717) is 5.92 Å². The van der Waals surface area contributed by atoms with Gasteiger partial charge >= 0.3 is 0 Å². The van der Waals surface area contributed by atoms with Crippen LogP contribution in [0.1, 0.15) is 18.2 Å². The smallest absolute Gasteiger partial charge is 0.0948 e.